The molecule has 5 N–H and O–H groups in total. The van der Waals surface area contributed by atoms with Crippen LogP contribution in [0.4, 0.5) is 0 Å². The van der Waals surface area contributed by atoms with Gasteiger partial charge in [0.15, 0.2) is 0 Å². The largest absolute Gasteiger partial charge is 0.507 e. The smallest absolute Gasteiger partial charge is 0.204 e. The van der Waals surface area contributed by atoms with Crippen LogP contribution < -0.4 is 10.2 Å². The maximum atomic E-state index is 13.3. The van der Waals surface area contributed by atoms with Crippen molar-refractivity contribution in [2.24, 2.45) is 0 Å². The van der Waals surface area contributed by atoms with Crippen LogP contribution in [-0.4, -0.2) is 48.9 Å². The standard InChI is InChI=1S/C25H28O8/c1-24(2,30)19(27)9-14-16(26)10-18-21(22(14)28)23(29)15(11-32-18)12-5-6-17-13(7-12)8-20(33-17)25(3,4)31/h5-7,10-11,19-20,26-28,30-31H,8-9H2,1-4H3/t19-,20-/m1/s1. The van der Waals surface area contributed by atoms with E-state index in [1.54, 1.807) is 32.0 Å². The number of phenols is 2. The van der Waals surface area contributed by atoms with Gasteiger partial charge in [0.2, 0.25) is 5.43 Å². The quantitative estimate of drug-likeness (QED) is 0.395. The molecule has 8 heteroatoms. The lowest BCUT2D eigenvalue weighted by atomic mass is 9.93. The van der Waals surface area contributed by atoms with Crippen molar-refractivity contribution in [3.8, 4) is 28.4 Å². The summed E-state index contributed by atoms with van der Waals surface area (Å²) in [5, 5.41) is 51.5. The first-order valence-electron chi connectivity index (χ1n) is 10.7. The van der Waals surface area contributed by atoms with Gasteiger partial charge in [-0.05, 0) is 51.0 Å². The number of fused-ring (bicyclic) bond motifs is 2. The zero-order chi connectivity index (χ0) is 24.3. The van der Waals surface area contributed by atoms with Crippen LogP contribution in [0.15, 0.2) is 39.7 Å². The molecule has 33 heavy (non-hydrogen) atoms. The van der Waals surface area contributed by atoms with Crippen molar-refractivity contribution in [2.45, 2.75) is 63.9 Å². The van der Waals surface area contributed by atoms with E-state index in [9.17, 15) is 30.3 Å². The van der Waals surface area contributed by atoms with E-state index in [-0.39, 0.29) is 34.3 Å². The van der Waals surface area contributed by atoms with Gasteiger partial charge in [-0.25, -0.2) is 0 Å². The van der Waals surface area contributed by atoms with E-state index in [4.69, 9.17) is 9.15 Å². The third kappa shape index (κ3) is 4.17. The molecule has 3 aromatic rings. The SMILES string of the molecule is CC(C)(O)[C@H](O)Cc1c(O)cc2occ(-c3ccc4c(c3)C[C@H](C(C)(C)O)O4)c(=O)c2c1O. The number of aliphatic hydroxyl groups excluding tert-OH is 1. The molecule has 4 rings (SSSR count). The van der Waals surface area contributed by atoms with Crippen LogP contribution in [0.1, 0.15) is 38.8 Å². The minimum absolute atomic E-state index is 0.00756. The van der Waals surface area contributed by atoms with Crippen LogP contribution in [0.25, 0.3) is 22.1 Å². The molecule has 0 radical (unpaired) electrons. The monoisotopic (exact) mass is 456 g/mol. The van der Waals surface area contributed by atoms with Gasteiger partial charge in [0.1, 0.15) is 40.6 Å². The summed E-state index contributed by atoms with van der Waals surface area (Å²) in [5.74, 6) is -0.228. The fraction of sp³-hybridized carbons (Fsp3) is 0.400. The minimum atomic E-state index is -1.48. The van der Waals surface area contributed by atoms with Crippen LogP contribution in [0, 0.1) is 0 Å². The zero-order valence-corrected chi connectivity index (χ0v) is 18.9. The Bertz CT molecular complexity index is 1280. The predicted molar refractivity (Wildman–Crippen MR) is 122 cm³/mol. The summed E-state index contributed by atoms with van der Waals surface area (Å²) in [7, 11) is 0. The molecule has 2 heterocycles. The Morgan fingerprint density at radius 1 is 1.12 bits per heavy atom. The van der Waals surface area contributed by atoms with E-state index in [2.05, 4.69) is 0 Å². The van der Waals surface area contributed by atoms with Crippen LogP contribution in [-0.2, 0) is 12.8 Å². The van der Waals surface area contributed by atoms with Gasteiger partial charge in [-0.15, -0.1) is 0 Å². The number of hydrogen-bond acceptors (Lipinski definition) is 8. The number of aromatic hydroxyl groups is 2. The third-order valence-corrected chi connectivity index (χ3v) is 6.17. The van der Waals surface area contributed by atoms with Gasteiger partial charge >= 0.3 is 0 Å². The number of hydrogen-bond donors (Lipinski definition) is 5. The first-order chi connectivity index (χ1) is 15.3. The predicted octanol–water partition coefficient (Wildman–Crippen LogP) is 2.62. The number of phenolic OH excluding ortho intramolecular Hbond substituents is 2. The van der Waals surface area contributed by atoms with E-state index in [1.165, 1.54) is 26.2 Å². The normalized spacial score (nSPS) is 17.1. The Hall–Kier alpha value is -3.07. The second-order valence-electron chi connectivity index (χ2n) is 9.73. The van der Waals surface area contributed by atoms with Crippen LogP contribution in [0.2, 0.25) is 0 Å². The molecule has 0 aliphatic carbocycles. The molecule has 0 saturated heterocycles. The van der Waals surface area contributed by atoms with Crippen LogP contribution >= 0.6 is 0 Å². The van der Waals surface area contributed by atoms with Gasteiger partial charge in [0.25, 0.3) is 0 Å². The Balaban J connectivity index is 1.79. The van der Waals surface area contributed by atoms with Gasteiger partial charge in [0.05, 0.1) is 22.9 Å². The molecule has 176 valence electrons. The molecule has 8 nitrogen and oxygen atoms in total. The average Bonchev–Trinajstić information content (AvgIpc) is 3.14. The van der Waals surface area contributed by atoms with Gasteiger partial charge in [-0.2, -0.15) is 0 Å². The lowest BCUT2D eigenvalue weighted by Gasteiger charge is -2.25. The maximum absolute atomic E-state index is 13.3. The highest BCUT2D eigenvalue weighted by Crippen LogP contribution is 2.38. The summed E-state index contributed by atoms with van der Waals surface area (Å²) < 4.78 is 11.4. The molecule has 0 amide bonds. The fourth-order valence-electron chi connectivity index (χ4n) is 3.95. The topological polar surface area (TPSA) is 141 Å². The molecule has 0 spiro atoms. The summed E-state index contributed by atoms with van der Waals surface area (Å²) in [6.45, 7) is 6.15. The highest BCUT2D eigenvalue weighted by molar-refractivity contribution is 5.89. The average molecular weight is 456 g/mol. The number of ether oxygens (including phenoxy) is 1. The maximum Gasteiger partial charge on any atom is 0.204 e. The van der Waals surface area contributed by atoms with E-state index in [0.717, 1.165) is 5.56 Å². The van der Waals surface area contributed by atoms with Crippen molar-refractivity contribution in [1.29, 1.82) is 0 Å². The lowest BCUT2D eigenvalue weighted by molar-refractivity contribution is -0.0472. The highest BCUT2D eigenvalue weighted by atomic mass is 16.5. The molecule has 0 unspecified atom stereocenters. The Kier molecular flexibility index (Phi) is 5.43. The molecule has 1 aromatic heterocycles. The molecule has 0 saturated carbocycles. The second-order valence-corrected chi connectivity index (χ2v) is 9.73. The molecule has 2 aromatic carbocycles. The van der Waals surface area contributed by atoms with E-state index in [0.29, 0.717) is 17.7 Å². The lowest BCUT2D eigenvalue weighted by Crippen LogP contribution is -2.39. The molecule has 0 bridgehead atoms. The van der Waals surface area contributed by atoms with Gasteiger partial charge in [-0.3, -0.25) is 4.79 Å². The van der Waals surface area contributed by atoms with Crippen molar-refractivity contribution in [3.63, 3.8) is 0 Å². The number of aliphatic hydroxyl groups is 3. The number of rotatable bonds is 5. The first-order valence-corrected chi connectivity index (χ1v) is 10.7. The van der Waals surface area contributed by atoms with E-state index < -0.39 is 34.6 Å². The van der Waals surface area contributed by atoms with Gasteiger partial charge < -0.3 is 34.7 Å². The molecule has 1 aliphatic heterocycles. The minimum Gasteiger partial charge on any atom is -0.507 e. The third-order valence-electron chi connectivity index (χ3n) is 6.17. The van der Waals surface area contributed by atoms with Crippen LogP contribution in [0.3, 0.4) is 0 Å². The highest BCUT2D eigenvalue weighted by Gasteiger charge is 2.35. The van der Waals surface area contributed by atoms with Crippen molar-refractivity contribution in [1.82, 2.24) is 0 Å². The number of benzene rings is 2. The molecular formula is C25H28O8. The van der Waals surface area contributed by atoms with Crippen molar-refractivity contribution >= 4 is 11.0 Å². The summed E-state index contributed by atoms with van der Waals surface area (Å²) in [5.41, 5.74) is -1.49. The molecule has 0 fully saturated rings. The van der Waals surface area contributed by atoms with Crippen LogP contribution in [0.5, 0.6) is 17.2 Å². The Morgan fingerprint density at radius 3 is 2.45 bits per heavy atom. The van der Waals surface area contributed by atoms with Gasteiger partial charge in [0, 0.05) is 24.5 Å². The zero-order valence-electron chi connectivity index (χ0n) is 18.9. The molecule has 2 atom stereocenters. The fourth-order valence-corrected chi connectivity index (χ4v) is 3.95. The molecular weight excluding hydrogens is 428 g/mol. The van der Waals surface area contributed by atoms with Crippen molar-refractivity contribution in [3.05, 3.63) is 51.9 Å². The van der Waals surface area contributed by atoms with Crippen molar-refractivity contribution in [2.75, 3.05) is 0 Å². The summed E-state index contributed by atoms with van der Waals surface area (Å²) >= 11 is 0. The van der Waals surface area contributed by atoms with E-state index >= 15 is 0 Å². The Morgan fingerprint density at radius 2 is 1.82 bits per heavy atom. The van der Waals surface area contributed by atoms with Crippen molar-refractivity contribution < 1.29 is 34.7 Å². The summed E-state index contributed by atoms with van der Waals surface area (Å²) in [6.07, 6.45) is -0.228. The van der Waals surface area contributed by atoms with Gasteiger partial charge in [-0.1, -0.05) is 6.07 Å². The Labute approximate surface area is 190 Å². The first kappa shape index (κ1) is 23.1. The summed E-state index contributed by atoms with van der Waals surface area (Å²) in [6, 6.07) is 6.41. The van der Waals surface area contributed by atoms with E-state index in [1.807, 2.05) is 0 Å². The summed E-state index contributed by atoms with van der Waals surface area (Å²) in [4.78, 5) is 13.3. The second kappa shape index (κ2) is 7.76. The molecule has 1 aliphatic rings.